The molecule has 2 heterocycles. The Hall–Kier alpha value is -6.41. The lowest BCUT2D eigenvalue weighted by Crippen LogP contribution is -2.51. The second-order valence-corrected chi connectivity index (χ2v) is 11.5. The van der Waals surface area contributed by atoms with Crippen molar-refractivity contribution in [3.8, 4) is 0 Å². The number of anilines is 4. The fourth-order valence-electron chi connectivity index (χ4n) is 4.99. The van der Waals surface area contributed by atoms with E-state index < -0.39 is 104 Å². The molecule has 0 bridgehead atoms. The Bertz CT molecular complexity index is 1700. The molecule has 1 aliphatic rings. The number of aliphatic carboxylic acids is 4. The molecule has 2 aromatic rings. The summed E-state index contributed by atoms with van der Waals surface area (Å²) in [6.45, 7) is 0.832. The van der Waals surface area contributed by atoms with Gasteiger partial charge in [-0.1, -0.05) is 0 Å². The number of H-pyrrole nitrogens is 1. The summed E-state index contributed by atoms with van der Waals surface area (Å²) >= 11 is 0. The molecule has 3 rings (SSSR count). The number of benzene rings is 1. The topological polar surface area (TPSA) is 347 Å². The van der Waals surface area contributed by atoms with Gasteiger partial charge in [-0.15, -0.1) is 0 Å². The largest absolute Gasteiger partial charge is 0.550 e. The summed E-state index contributed by atoms with van der Waals surface area (Å²) in [5.74, 6) is -9.23. The number of nitrogens with zero attached hydrogens (tertiary/aromatic N) is 2. The van der Waals surface area contributed by atoms with Crippen LogP contribution in [0.25, 0.3) is 0 Å². The fraction of sp³-hybridized carbons (Fsp3) is 0.433. The Balaban J connectivity index is 1.48. The minimum absolute atomic E-state index is 0.0125. The van der Waals surface area contributed by atoms with Crippen molar-refractivity contribution in [3.63, 3.8) is 0 Å². The molecule has 1 aromatic heterocycles. The van der Waals surface area contributed by atoms with Crippen LogP contribution in [-0.2, 0) is 28.8 Å². The van der Waals surface area contributed by atoms with Gasteiger partial charge in [0.2, 0.25) is 17.8 Å². The third-order valence-electron chi connectivity index (χ3n) is 7.79. The SMILES string of the molecule is CN1c2c(nc(N)[nH]c2=O)NCC1CNc1ccc(C(=O)NC(CCC(=O)NC(CCC(=O)NC(CCC(=O)[O-])C(=O)[O-])C(=O)[O-])C(=O)[O-])cc1. The Kier molecular flexibility index (Phi) is 13.6. The zero-order valence-electron chi connectivity index (χ0n) is 27.1. The molecule has 1 aromatic carbocycles. The molecule has 0 spiro atoms. The summed E-state index contributed by atoms with van der Waals surface area (Å²) in [6, 6.07) is 0.749. The van der Waals surface area contributed by atoms with Gasteiger partial charge in [-0.05, 0) is 49.9 Å². The van der Waals surface area contributed by atoms with Crippen LogP contribution in [0.1, 0.15) is 48.9 Å². The van der Waals surface area contributed by atoms with Crippen LogP contribution in [-0.4, -0.2) is 95.9 Å². The Morgan fingerprint density at radius 2 is 1.35 bits per heavy atom. The van der Waals surface area contributed by atoms with Gasteiger partial charge >= 0.3 is 0 Å². The van der Waals surface area contributed by atoms with Crippen LogP contribution in [0, 0.1) is 0 Å². The lowest BCUT2D eigenvalue weighted by molar-refractivity contribution is -0.311. The van der Waals surface area contributed by atoms with Crippen molar-refractivity contribution in [3.05, 3.63) is 40.2 Å². The molecular weight excluding hydrogens is 678 g/mol. The van der Waals surface area contributed by atoms with Crippen molar-refractivity contribution in [2.45, 2.75) is 62.7 Å². The standard InChI is InChI=1S/C30H39N9O12/c1-39-16(13-33-24-23(39)26(45)38-30(31)37-24)12-32-15-4-2-14(3-5-15)25(44)36-19(29(50)51)7-10-21(41)34-17(27(46)47)6-9-20(40)35-18(28(48)49)8-11-22(42)43/h2-5,16-19,32H,6-13H2,1H3,(H,34,41)(H,35,40)(H,36,44)(H,42,43)(H,46,47)(H,48,49)(H,50,51)(H4,31,33,37,38,45)/p-4. The summed E-state index contributed by atoms with van der Waals surface area (Å²) < 4.78 is 0. The number of carbonyl (C=O) groups is 7. The number of nitrogen functional groups attached to an aromatic ring is 1. The van der Waals surface area contributed by atoms with Crippen molar-refractivity contribution >= 4 is 64.7 Å². The number of carboxylic acid groups (broad SMARTS) is 4. The molecule has 21 heteroatoms. The van der Waals surface area contributed by atoms with E-state index in [1.165, 1.54) is 12.1 Å². The van der Waals surface area contributed by atoms with Crippen LogP contribution in [0.2, 0.25) is 0 Å². The number of nitrogens with two attached hydrogens (primary N) is 1. The van der Waals surface area contributed by atoms with Crippen LogP contribution < -0.4 is 63.2 Å². The number of fused-ring (bicyclic) bond motifs is 1. The number of carbonyl (C=O) groups excluding carboxylic acids is 7. The number of hydrogen-bond donors (Lipinski definition) is 7. The Morgan fingerprint density at radius 3 is 1.86 bits per heavy atom. The first-order chi connectivity index (χ1) is 24.0. The number of carboxylic acids is 4. The monoisotopic (exact) mass is 713 g/mol. The van der Waals surface area contributed by atoms with Crippen LogP contribution >= 0.6 is 0 Å². The molecule has 8 N–H and O–H groups in total. The van der Waals surface area contributed by atoms with Gasteiger partial charge in [0.15, 0.2) is 5.82 Å². The summed E-state index contributed by atoms with van der Waals surface area (Å²) in [7, 11) is 1.74. The minimum Gasteiger partial charge on any atom is -0.550 e. The van der Waals surface area contributed by atoms with Crippen LogP contribution in [0.3, 0.4) is 0 Å². The molecule has 276 valence electrons. The van der Waals surface area contributed by atoms with Gasteiger partial charge in [-0.2, -0.15) is 4.98 Å². The average Bonchev–Trinajstić information content (AvgIpc) is 3.05. The van der Waals surface area contributed by atoms with E-state index in [0.717, 1.165) is 0 Å². The smallest absolute Gasteiger partial charge is 0.278 e. The number of nitrogens with one attached hydrogen (secondary N) is 6. The van der Waals surface area contributed by atoms with E-state index in [2.05, 4.69) is 31.2 Å². The number of aromatic nitrogens is 2. The van der Waals surface area contributed by atoms with Gasteiger partial charge in [0, 0.05) is 50.2 Å². The first-order valence-corrected chi connectivity index (χ1v) is 15.5. The van der Waals surface area contributed by atoms with Crippen molar-refractivity contribution in [2.75, 3.05) is 41.4 Å². The molecule has 3 amide bonds. The van der Waals surface area contributed by atoms with Crippen molar-refractivity contribution < 1.29 is 54.0 Å². The van der Waals surface area contributed by atoms with Gasteiger partial charge in [-0.25, -0.2) is 0 Å². The second-order valence-electron chi connectivity index (χ2n) is 11.5. The number of likely N-dealkylation sites (N-methyl/N-ethyl adjacent to an activating group) is 1. The number of rotatable bonds is 19. The maximum absolute atomic E-state index is 12.8. The number of amides is 3. The molecule has 0 saturated carbocycles. The van der Waals surface area contributed by atoms with E-state index in [9.17, 15) is 58.8 Å². The highest BCUT2D eigenvalue weighted by Crippen LogP contribution is 2.25. The van der Waals surface area contributed by atoms with E-state index in [1.54, 1.807) is 24.1 Å². The molecule has 0 saturated heterocycles. The summed E-state index contributed by atoms with van der Waals surface area (Å²) in [6.07, 6.45) is -3.48. The Labute approximate surface area is 289 Å². The predicted octanol–water partition coefficient (Wildman–Crippen LogP) is -6.90. The molecule has 4 atom stereocenters. The second kappa shape index (κ2) is 17.8. The Morgan fingerprint density at radius 1 is 0.843 bits per heavy atom. The van der Waals surface area contributed by atoms with Gasteiger partial charge in [-0.3, -0.25) is 24.2 Å². The molecule has 0 radical (unpaired) electrons. The van der Waals surface area contributed by atoms with Crippen LogP contribution in [0.15, 0.2) is 29.1 Å². The molecule has 0 fully saturated rings. The van der Waals surface area contributed by atoms with E-state index in [0.29, 0.717) is 30.3 Å². The highest BCUT2D eigenvalue weighted by atomic mass is 16.4. The predicted molar refractivity (Wildman–Crippen MR) is 168 cm³/mol. The minimum atomic E-state index is -1.79. The lowest BCUT2D eigenvalue weighted by atomic mass is 10.1. The highest BCUT2D eigenvalue weighted by molar-refractivity contribution is 5.97. The number of hydrogen-bond acceptors (Lipinski definition) is 17. The summed E-state index contributed by atoms with van der Waals surface area (Å²) in [5, 5.41) is 57.4. The summed E-state index contributed by atoms with van der Waals surface area (Å²) in [5.41, 5.74) is 6.21. The normalized spacial score (nSPS) is 15.2. The third-order valence-corrected chi connectivity index (χ3v) is 7.79. The average molecular weight is 714 g/mol. The molecular formula is C30H35N9O12-4. The molecule has 0 aliphatic carbocycles. The molecule has 1 aliphatic heterocycles. The fourth-order valence-corrected chi connectivity index (χ4v) is 4.99. The quantitative estimate of drug-likeness (QED) is 0.0711. The zero-order chi connectivity index (χ0) is 37.8. The van der Waals surface area contributed by atoms with E-state index in [1.807, 2.05) is 5.32 Å². The molecule has 4 unspecified atom stereocenters. The lowest BCUT2D eigenvalue weighted by Gasteiger charge is -2.35. The first-order valence-electron chi connectivity index (χ1n) is 15.5. The van der Waals surface area contributed by atoms with Crippen LogP contribution in [0.5, 0.6) is 0 Å². The van der Waals surface area contributed by atoms with Gasteiger partial charge < -0.3 is 76.8 Å². The molecule has 51 heavy (non-hydrogen) atoms. The van der Waals surface area contributed by atoms with Gasteiger partial charge in [0.1, 0.15) is 5.69 Å². The number of aromatic amines is 1. The molecule has 21 nitrogen and oxygen atoms in total. The maximum Gasteiger partial charge on any atom is 0.278 e. The zero-order valence-corrected chi connectivity index (χ0v) is 27.1. The summed E-state index contributed by atoms with van der Waals surface area (Å²) in [4.78, 5) is 103. The third kappa shape index (κ3) is 11.6. The van der Waals surface area contributed by atoms with Gasteiger partial charge in [0.25, 0.3) is 11.5 Å². The van der Waals surface area contributed by atoms with Crippen LogP contribution in [0.4, 0.5) is 23.1 Å². The van der Waals surface area contributed by atoms with E-state index >= 15 is 0 Å². The van der Waals surface area contributed by atoms with Crippen molar-refractivity contribution in [2.24, 2.45) is 0 Å². The van der Waals surface area contributed by atoms with Gasteiger partial charge in [0.05, 0.1) is 42.1 Å². The van der Waals surface area contributed by atoms with Crippen molar-refractivity contribution in [1.82, 2.24) is 25.9 Å². The highest BCUT2D eigenvalue weighted by Gasteiger charge is 2.27. The van der Waals surface area contributed by atoms with E-state index in [4.69, 9.17) is 5.73 Å². The van der Waals surface area contributed by atoms with E-state index in [-0.39, 0.29) is 17.6 Å². The van der Waals surface area contributed by atoms with Crippen molar-refractivity contribution in [1.29, 1.82) is 0 Å². The first kappa shape index (κ1) is 39.0. The maximum atomic E-state index is 12.8.